The molecular weight excluding hydrogens is 428 g/mol. The Kier molecular flexibility index (Phi) is 7.66. The first-order valence-electron chi connectivity index (χ1n) is 10.9. The van der Waals surface area contributed by atoms with Gasteiger partial charge in [0.15, 0.2) is 0 Å². The minimum atomic E-state index is -1.13. The van der Waals surface area contributed by atoms with Gasteiger partial charge in [0.25, 0.3) is 0 Å². The third-order valence-electron chi connectivity index (χ3n) is 5.93. The van der Waals surface area contributed by atoms with Gasteiger partial charge in [0.2, 0.25) is 11.8 Å². The van der Waals surface area contributed by atoms with Gasteiger partial charge in [-0.2, -0.15) is 12.6 Å². The highest BCUT2D eigenvalue weighted by Crippen LogP contribution is 2.31. The van der Waals surface area contributed by atoms with Crippen molar-refractivity contribution in [2.45, 2.75) is 62.8 Å². The molecule has 2 atom stereocenters. The van der Waals surface area contributed by atoms with Crippen molar-refractivity contribution in [1.29, 1.82) is 0 Å². The topological polar surface area (TPSA) is 109 Å². The highest BCUT2D eigenvalue weighted by molar-refractivity contribution is 7.81. The van der Waals surface area contributed by atoms with Crippen LogP contribution in [0.2, 0.25) is 0 Å². The van der Waals surface area contributed by atoms with Crippen LogP contribution in [-0.2, 0) is 20.8 Å². The van der Waals surface area contributed by atoms with E-state index in [1.165, 1.54) is 0 Å². The van der Waals surface area contributed by atoms with Crippen LogP contribution in [0.4, 0.5) is 0 Å². The third-order valence-corrected chi connectivity index (χ3v) is 6.76. The zero-order chi connectivity index (χ0) is 23.3. The van der Waals surface area contributed by atoms with Gasteiger partial charge in [0.05, 0.1) is 11.5 Å². The smallest absolute Gasteiger partial charge is 0.326 e. The lowest BCUT2D eigenvalue weighted by molar-refractivity contribution is -0.143. The summed E-state index contributed by atoms with van der Waals surface area (Å²) in [4.78, 5) is 37.8. The molecule has 1 saturated carbocycles. The first-order chi connectivity index (χ1) is 15.2. The lowest BCUT2D eigenvalue weighted by Gasteiger charge is -2.32. The van der Waals surface area contributed by atoms with Crippen LogP contribution < -0.4 is 10.6 Å². The number of amides is 2. The second-order valence-electron chi connectivity index (χ2n) is 8.71. The maximum atomic E-state index is 13.2. The third kappa shape index (κ3) is 5.54. The normalized spacial score (nSPS) is 17.0. The molecule has 1 fully saturated rings. The summed E-state index contributed by atoms with van der Waals surface area (Å²) in [6, 6.07) is 9.85. The van der Waals surface area contributed by atoms with Crippen molar-refractivity contribution in [3.05, 3.63) is 48.2 Å². The Morgan fingerprint density at radius 2 is 1.88 bits per heavy atom. The number of carbonyl (C=O) groups is 3. The van der Waals surface area contributed by atoms with Gasteiger partial charge in [-0.15, -0.1) is 0 Å². The van der Waals surface area contributed by atoms with E-state index in [1.807, 2.05) is 44.2 Å². The Hall–Kier alpha value is -2.74. The summed E-state index contributed by atoms with van der Waals surface area (Å²) in [7, 11) is 0. The van der Waals surface area contributed by atoms with Gasteiger partial charge in [-0.25, -0.2) is 4.79 Å². The monoisotopic (exact) mass is 458 g/mol. The van der Waals surface area contributed by atoms with E-state index < -0.39 is 28.7 Å². The second kappa shape index (κ2) is 10.3. The van der Waals surface area contributed by atoms with Crippen molar-refractivity contribution in [3.63, 3.8) is 0 Å². The number of carboxylic acid groups (broad SMARTS) is 1. The quantitative estimate of drug-likeness (QED) is 0.431. The molecule has 1 aromatic heterocycles. The summed E-state index contributed by atoms with van der Waals surface area (Å²) in [6.45, 7) is 3.77. The van der Waals surface area contributed by atoms with Gasteiger partial charge < -0.3 is 20.2 Å². The van der Waals surface area contributed by atoms with Crippen molar-refractivity contribution in [2.75, 3.05) is 0 Å². The molecule has 1 aromatic carbocycles. The lowest BCUT2D eigenvalue weighted by atomic mass is 9.94. The molecule has 0 spiro atoms. The Bertz CT molecular complexity index is 951. The molecule has 1 aliphatic rings. The zero-order valence-corrected chi connectivity index (χ0v) is 19.2. The van der Waals surface area contributed by atoms with Crippen LogP contribution in [-0.4, -0.2) is 39.7 Å². The van der Waals surface area contributed by atoms with E-state index in [2.05, 4.69) is 23.3 Å². The largest absolute Gasteiger partial charge is 0.480 e. The molecule has 3 rings (SSSR count). The van der Waals surface area contributed by atoms with Crippen molar-refractivity contribution in [3.8, 4) is 11.3 Å². The molecule has 172 valence electrons. The highest BCUT2D eigenvalue weighted by Gasteiger charge is 2.44. The Morgan fingerprint density at radius 1 is 1.16 bits per heavy atom. The molecule has 2 amide bonds. The van der Waals surface area contributed by atoms with Gasteiger partial charge in [0, 0.05) is 12.0 Å². The summed E-state index contributed by atoms with van der Waals surface area (Å²) >= 11 is 4.36. The van der Waals surface area contributed by atoms with E-state index in [0.29, 0.717) is 18.6 Å². The molecular formula is C24H30N2O5S. The first kappa shape index (κ1) is 23.9. The predicted octanol–water partition coefficient (Wildman–Crippen LogP) is 3.44. The molecule has 32 heavy (non-hydrogen) atoms. The van der Waals surface area contributed by atoms with Crippen molar-refractivity contribution < 1.29 is 23.9 Å². The van der Waals surface area contributed by atoms with Crippen LogP contribution in [0.15, 0.2) is 47.1 Å². The number of carboxylic acids is 1. The van der Waals surface area contributed by atoms with Crippen LogP contribution in [0.25, 0.3) is 11.3 Å². The average Bonchev–Trinajstić information content (AvgIpc) is 3.45. The van der Waals surface area contributed by atoms with E-state index in [0.717, 1.165) is 24.0 Å². The van der Waals surface area contributed by atoms with E-state index in [9.17, 15) is 19.5 Å². The first-order valence-corrected chi connectivity index (χ1v) is 11.4. The van der Waals surface area contributed by atoms with Gasteiger partial charge in [-0.3, -0.25) is 9.59 Å². The van der Waals surface area contributed by atoms with Crippen molar-refractivity contribution >= 4 is 30.4 Å². The number of benzene rings is 1. The molecule has 2 aromatic rings. The molecule has 1 heterocycles. The van der Waals surface area contributed by atoms with Crippen LogP contribution in [0.3, 0.4) is 0 Å². The summed E-state index contributed by atoms with van der Waals surface area (Å²) in [6.07, 6.45) is 4.21. The number of hydrogen-bond donors (Lipinski definition) is 4. The summed E-state index contributed by atoms with van der Waals surface area (Å²) in [5.74, 6) is -1.20. The molecule has 0 bridgehead atoms. The molecule has 0 aliphatic heterocycles. The number of aliphatic carboxylic acids is 1. The zero-order valence-electron chi connectivity index (χ0n) is 18.3. The van der Waals surface area contributed by atoms with Gasteiger partial charge >= 0.3 is 5.97 Å². The summed E-state index contributed by atoms with van der Waals surface area (Å²) in [5, 5.41) is 14.8. The predicted molar refractivity (Wildman–Crippen MR) is 124 cm³/mol. The fraction of sp³-hybridized carbons (Fsp3) is 0.458. The Morgan fingerprint density at radius 3 is 2.47 bits per heavy atom. The van der Waals surface area contributed by atoms with Crippen LogP contribution in [0.5, 0.6) is 0 Å². The maximum absolute atomic E-state index is 13.2. The number of furan rings is 1. The lowest BCUT2D eigenvalue weighted by Crippen LogP contribution is -2.61. The van der Waals surface area contributed by atoms with E-state index in [1.54, 1.807) is 12.3 Å². The summed E-state index contributed by atoms with van der Waals surface area (Å²) in [5.41, 5.74) is 0.485. The van der Waals surface area contributed by atoms with E-state index in [4.69, 9.17) is 4.42 Å². The van der Waals surface area contributed by atoms with Crippen LogP contribution >= 0.6 is 12.6 Å². The molecule has 8 heteroatoms. The SMILES string of the molecule is CC(C)[C@H](S)C(=O)NC1(C(=O)N[C@@H](Cc2cccc(-c3ccco3)c2)C(=O)O)CCCC1. The molecule has 0 radical (unpaired) electrons. The Labute approximate surface area is 193 Å². The number of nitrogens with one attached hydrogen (secondary N) is 2. The fourth-order valence-electron chi connectivity index (χ4n) is 4.03. The summed E-state index contributed by atoms with van der Waals surface area (Å²) < 4.78 is 5.41. The minimum Gasteiger partial charge on any atom is -0.480 e. The maximum Gasteiger partial charge on any atom is 0.326 e. The molecule has 3 N–H and O–H groups in total. The van der Waals surface area contributed by atoms with E-state index in [-0.39, 0.29) is 18.2 Å². The molecule has 1 aliphatic carbocycles. The van der Waals surface area contributed by atoms with Gasteiger partial charge in [-0.1, -0.05) is 44.9 Å². The standard InChI is InChI=1S/C24H30N2O5S/c1-15(2)20(32)21(27)26-24(10-3-4-11-24)23(30)25-18(22(28)29)14-16-7-5-8-17(13-16)19-9-6-12-31-19/h5-9,12-13,15,18,20,32H,3-4,10-11,14H2,1-2H3,(H,25,30)(H,26,27)(H,28,29)/t18-,20-/m0/s1. The second-order valence-corrected chi connectivity index (χ2v) is 9.27. The number of rotatable bonds is 9. The number of carbonyl (C=O) groups excluding carboxylic acids is 2. The van der Waals surface area contributed by atoms with Gasteiger partial charge in [-0.05, 0) is 42.5 Å². The number of hydrogen-bond acceptors (Lipinski definition) is 5. The van der Waals surface area contributed by atoms with Crippen LogP contribution in [0, 0.1) is 5.92 Å². The van der Waals surface area contributed by atoms with Crippen molar-refractivity contribution in [1.82, 2.24) is 10.6 Å². The van der Waals surface area contributed by atoms with E-state index >= 15 is 0 Å². The fourth-order valence-corrected chi connectivity index (χ4v) is 4.09. The van der Waals surface area contributed by atoms with Gasteiger partial charge in [0.1, 0.15) is 17.3 Å². The number of thiol groups is 1. The molecule has 0 unspecified atom stereocenters. The van der Waals surface area contributed by atoms with Crippen molar-refractivity contribution in [2.24, 2.45) is 5.92 Å². The Balaban J connectivity index is 1.74. The average molecular weight is 459 g/mol. The highest BCUT2D eigenvalue weighted by atomic mass is 32.1. The minimum absolute atomic E-state index is 0.00746. The molecule has 0 saturated heterocycles. The van der Waals surface area contributed by atoms with Crippen LogP contribution in [0.1, 0.15) is 45.1 Å². The molecule has 7 nitrogen and oxygen atoms in total.